The molecular weight excluding hydrogens is 404 g/mol. The lowest BCUT2D eigenvalue weighted by molar-refractivity contribution is 0.102. The minimum Gasteiger partial charge on any atom is -0.494 e. The molecule has 0 radical (unpaired) electrons. The van der Waals surface area contributed by atoms with Gasteiger partial charge in [0.1, 0.15) is 5.75 Å². The Kier molecular flexibility index (Phi) is 5.28. The summed E-state index contributed by atoms with van der Waals surface area (Å²) in [5.74, 6) is 1.51. The van der Waals surface area contributed by atoms with Gasteiger partial charge in [0.2, 0.25) is 0 Å². The van der Waals surface area contributed by atoms with E-state index in [1.807, 2.05) is 54.7 Å². The summed E-state index contributed by atoms with van der Waals surface area (Å²) in [6.45, 7) is 4.72. The SMILES string of the molecule is CCOc1ccc(NC(=O)c2cccc3c2NC(c2ccc(C)s2)C2CC=CC32)cc1. The second-order valence-corrected chi connectivity index (χ2v) is 9.42. The lowest BCUT2D eigenvalue weighted by atomic mass is 9.78. The van der Waals surface area contributed by atoms with Gasteiger partial charge in [0.05, 0.1) is 23.9 Å². The predicted octanol–water partition coefficient (Wildman–Crippen LogP) is 6.53. The van der Waals surface area contributed by atoms with Crippen molar-refractivity contribution in [1.82, 2.24) is 0 Å². The van der Waals surface area contributed by atoms with Crippen molar-refractivity contribution in [3.05, 3.63) is 87.6 Å². The van der Waals surface area contributed by atoms with Crippen LogP contribution in [-0.4, -0.2) is 12.5 Å². The van der Waals surface area contributed by atoms with Gasteiger partial charge in [-0.3, -0.25) is 4.79 Å². The molecule has 1 aliphatic carbocycles. The number of fused-ring (bicyclic) bond motifs is 3. The van der Waals surface area contributed by atoms with Crippen LogP contribution in [0.15, 0.2) is 66.7 Å². The monoisotopic (exact) mass is 430 g/mol. The van der Waals surface area contributed by atoms with Crippen molar-refractivity contribution < 1.29 is 9.53 Å². The van der Waals surface area contributed by atoms with Gasteiger partial charge in [-0.05, 0) is 74.2 Å². The van der Waals surface area contributed by atoms with Crippen molar-refractivity contribution in [1.29, 1.82) is 0 Å². The minimum atomic E-state index is -0.102. The Morgan fingerprint density at radius 1 is 1.16 bits per heavy atom. The average Bonchev–Trinajstić information content (AvgIpc) is 3.44. The third kappa shape index (κ3) is 3.74. The number of carbonyl (C=O) groups is 1. The van der Waals surface area contributed by atoms with Gasteiger partial charge in [-0.15, -0.1) is 11.3 Å². The van der Waals surface area contributed by atoms with E-state index in [0.717, 1.165) is 23.5 Å². The molecule has 1 aromatic heterocycles. The molecule has 2 N–H and O–H groups in total. The fourth-order valence-corrected chi connectivity index (χ4v) is 5.72. The van der Waals surface area contributed by atoms with E-state index < -0.39 is 0 Å². The largest absolute Gasteiger partial charge is 0.494 e. The third-order valence-electron chi connectivity index (χ3n) is 6.13. The standard InChI is InChI=1S/C26H26N2O2S/c1-3-30-18-13-11-17(12-14-18)27-26(29)22-9-5-7-20-19-6-4-8-21(19)25(28-24(20)22)23-15-10-16(2)31-23/h4-7,9-15,19,21,25,28H,3,8H2,1-2H3,(H,27,29). The van der Waals surface area contributed by atoms with Gasteiger partial charge in [0.15, 0.2) is 0 Å². The zero-order valence-corrected chi connectivity index (χ0v) is 18.5. The Labute approximate surface area is 187 Å². The second kappa shape index (κ2) is 8.23. The van der Waals surface area contributed by atoms with Crippen LogP contribution >= 0.6 is 11.3 Å². The number of aryl methyl sites for hydroxylation is 1. The maximum Gasteiger partial charge on any atom is 0.257 e. The Morgan fingerprint density at radius 2 is 2.00 bits per heavy atom. The maximum atomic E-state index is 13.2. The summed E-state index contributed by atoms with van der Waals surface area (Å²) in [5.41, 5.74) is 3.60. The second-order valence-electron chi connectivity index (χ2n) is 8.11. The summed E-state index contributed by atoms with van der Waals surface area (Å²) in [6, 6.07) is 18.2. The molecule has 1 aliphatic heterocycles. The first kappa shape index (κ1) is 19.9. The van der Waals surface area contributed by atoms with E-state index in [9.17, 15) is 4.79 Å². The van der Waals surface area contributed by atoms with Gasteiger partial charge in [0.25, 0.3) is 5.91 Å². The molecule has 0 spiro atoms. The first-order chi connectivity index (χ1) is 15.1. The minimum absolute atomic E-state index is 0.102. The van der Waals surface area contributed by atoms with Gasteiger partial charge >= 0.3 is 0 Å². The van der Waals surface area contributed by atoms with Crippen LogP contribution in [0.4, 0.5) is 11.4 Å². The first-order valence-electron chi connectivity index (χ1n) is 10.8. The molecule has 158 valence electrons. The molecular formula is C26H26N2O2S. The number of nitrogens with one attached hydrogen (secondary N) is 2. The number of hydrogen-bond donors (Lipinski definition) is 2. The van der Waals surface area contributed by atoms with Crippen molar-refractivity contribution in [2.24, 2.45) is 5.92 Å². The zero-order valence-electron chi connectivity index (χ0n) is 17.7. The average molecular weight is 431 g/mol. The lowest BCUT2D eigenvalue weighted by Crippen LogP contribution is -2.30. The van der Waals surface area contributed by atoms with E-state index in [2.05, 4.69) is 47.9 Å². The van der Waals surface area contributed by atoms with Gasteiger partial charge < -0.3 is 15.4 Å². The van der Waals surface area contributed by atoms with Crippen molar-refractivity contribution >= 4 is 28.6 Å². The number of anilines is 2. The lowest BCUT2D eigenvalue weighted by Gasteiger charge is -2.37. The Hall–Kier alpha value is -3.05. The van der Waals surface area contributed by atoms with E-state index in [4.69, 9.17) is 4.74 Å². The number of benzene rings is 2. The highest BCUT2D eigenvalue weighted by molar-refractivity contribution is 7.12. The molecule has 2 aliphatic rings. The van der Waals surface area contributed by atoms with E-state index >= 15 is 0 Å². The number of carbonyl (C=O) groups excluding carboxylic acids is 1. The van der Waals surface area contributed by atoms with E-state index in [1.165, 1.54) is 15.3 Å². The molecule has 2 aromatic carbocycles. The van der Waals surface area contributed by atoms with Crippen molar-refractivity contribution in [3.8, 4) is 5.75 Å². The molecule has 0 saturated heterocycles. The van der Waals surface area contributed by atoms with Crippen LogP contribution in [-0.2, 0) is 0 Å². The Balaban J connectivity index is 1.46. The van der Waals surface area contributed by atoms with Crippen molar-refractivity contribution in [2.45, 2.75) is 32.2 Å². The van der Waals surface area contributed by atoms with Crippen LogP contribution in [0.5, 0.6) is 5.75 Å². The fraction of sp³-hybridized carbons (Fsp3) is 0.269. The molecule has 3 atom stereocenters. The van der Waals surface area contributed by atoms with Gasteiger partial charge in [0, 0.05) is 21.4 Å². The van der Waals surface area contributed by atoms with Crippen molar-refractivity contribution in [2.75, 3.05) is 17.2 Å². The summed E-state index contributed by atoms with van der Waals surface area (Å²) < 4.78 is 5.49. The van der Waals surface area contributed by atoms with Gasteiger partial charge in [-0.1, -0.05) is 24.3 Å². The van der Waals surface area contributed by atoms with Crippen LogP contribution in [0.1, 0.15) is 51.0 Å². The highest BCUT2D eigenvalue weighted by Gasteiger charge is 2.39. The molecule has 0 saturated carbocycles. The summed E-state index contributed by atoms with van der Waals surface area (Å²) >= 11 is 1.84. The molecule has 31 heavy (non-hydrogen) atoms. The highest BCUT2D eigenvalue weighted by Crippen LogP contribution is 2.51. The van der Waals surface area contributed by atoms with Gasteiger partial charge in [-0.2, -0.15) is 0 Å². The number of thiophene rings is 1. The Bertz CT molecular complexity index is 1130. The summed E-state index contributed by atoms with van der Waals surface area (Å²) in [4.78, 5) is 15.9. The Morgan fingerprint density at radius 3 is 2.74 bits per heavy atom. The van der Waals surface area contributed by atoms with E-state index in [0.29, 0.717) is 24.0 Å². The van der Waals surface area contributed by atoms with E-state index in [1.54, 1.807) is 0 Å². The number of allylic oxidation sites excluding steroid dienone is 2. The van der Waals surface area contributed by atoms with Crippen molar-refractivity contribution in [3.63, 3.8) is 0 Å². The molecule has 0 fully saturated rings. The number of ether oxygens (including phenoxy) is 1. The molecule has 4 nitrogen and oxygen atoms in total. The van der Waals surface area contributed by atoms with Crippen LogP contribution in [0.25, 0.3) is 0 Å². The number of rotatable bonds is 5. The normalized spacial score (nSPS) is 21.2. The molecule has 2 heterocycles. The summed E-state index contributed by atoms with van der Waals surface area (Å²) in [7, 11) is 0. The molecule has 1 amide bonds. The highest BCUT2D eigenvalue weighted by atomic mass is 32.1. The smallest absolute Gasteiger partial charge is 0.257 e. The fourth-order valence-electron chi connectivity index (χ4n) is 4.71. The molecule has 3 aromatic rings. The number of amides is 1. The zero-order chi connectivity index (χ0) is 21.4. The topological polar surface area (TPSA) is 50.4 Å². The number of hydrogen-bond acceptors (Lipinski definition) is 4. The quantitative estimate of drug-likeness (QED) is 0.452. The summed E-state index contributed by atoms with van der Waals surface area (Å²) in [5, 5.41) is 6.79. The first-order valence-corrected chi connectivity index (χ1v) is 11.6. The number of para-hydroxylation sites is 1. The third-order valence-corrected chi connectivity index (χ3v) is 7.22. The maximum absolute atomic E-state index is 13.2. The van der Waals surface area contributed by atoms with Crippen LogP contribution in [0.3, 0.4) is 0 Å². The molecule has 3 unspecified atom stereocenters. The molecule has 5 heteroatoms. The molecule has 0 bridgehead atoms. The predicted molar refractivity (Wildman–Crippen MR) is 127 cm³/mol. The van der Waals surface area contributed by atoms with Crippen LogP contribution in [0, 0.1) is 12.8 Å². The molecule has 5 rings (SSSR count). The van der Waals surface area contributed by atoms with Crippen LogP contribution in [0.2, 0.25) is 0 Å². The van der Waals surface area contributed by atoms with E-state index in [-0.39, 0.29) is 11.9 Å². The van der Waals surface area contributed by atoms with Crippen LogP contribution < -0.4 is 15.4 Å². The summed E-state index contributed by atoms with van der Waals surface area (Å²) in [6.07, 6.45) is 5.65. The van der Waals surface area contributed by atoms with Gasteiger partial charge in [-0.25, -0.2) is 0 Å².